The lowest BCUT2D eigenvalue weighted by molar-refractivity contribution is -0.306. The Morgan fingerprint density at radius 2 is 2.45 bits per heavy atom. The van der Waals surface area contributed by atoms with Gasteiger partial charge >= 0.3 is 0 Å². The highest BCUT2D eigenvalue weighted by Gasteiger charge is 2.32. The van der Waals surface area contributed by atoms with Crippen LogP contribution in [0.3, 0.4) is 0 Å². The van der Waals surface area contributed by atoms with Gasteiger partial charge in [-0.3, -0.25) is 4.90 Å². The van der Waals surface area contributed by atoms with Crippen LogP contribution in [0.5, 0.6) is 0 Å². The molecule has 0 aromatic heterocycles. The summed E-state index contributed by atoms with van der Waals surface area (Å²) in [5.41, 5.74) is 0. The summed E-state index contributed by atoms with van der Waals surface area (Å²) in [7, 11) is 0. The van der Waals surface area contributed by atoms with Crippen LogP contribution < -0.4 is 5.11 Å². The summed E-state index contributed by atoms with van der Waals surface area (Å²) in [5, 5.41) is 10.3. The fourth-order valence-electron chi connectivity index (χ4n) is 1.94. The summed E-state index contributed by atoms with van der Waals surface area (Å²) in [5.74, 6) is -0.370. The van der Waals surface area contributed by atoms with Gasteiger partial charge in [-0.2, -0.15) is 0 Å². The predicted molar refractivity (Wildman–Crippen MR) is 37.6 cm³/mol. The molecule has 1 heterocycles. The Kier molecular flexibility index (Phi) is 1.46. The fourth-order valence-corrected chi connectivity index (χ4v) is 1.94. The van der Waals surface area contributed by atoms with Gasteiger partial charge < -0.3 is 9.90 Å². The molecule has 1 aliphatic heterocycles. The van der Waals surface area contributed by atoms with Gasteiger partial charge in [-0.25, -0.2) is 0 Å². The van der Waals surface area contributed by atoms with E-state index >= 15 is 0 Å². The quantitative estimate of drug-likeness (QED) is 0.476. The molecule has 0 saturated carbocycles. The zero-order chi connectivity index (χ0) is 7.84. The number of likely N-dealkylation sites (tertiary alicyclic amines) is 1. The average molecular weight is 152 g/mol. The van der Waals surface area contributed by atoms with Crippen LogP contribution in [0, 0.1) is 5.92 Å². The summed E-state index contributed by atoms with van der Waals surface area (Å²) < 4.78 is 0. The lowest BCUT2D eigenvalue weighted by Crippen LogP contribution is -2.40. The highest BCUT2D eigenvalue weighted by atomic mass is 16.4. The van der Waals surface area contributed by atoms with Crippen LogP contribution in [0.1, 0.15) is 6.42 Å². The number of hydrogen-bond donors (Lipinski definition) is 0. The Bertz CT molecular complexity index is 212. The number of fused-ring (bicyclic) bond motifs is 2. The molecule has 3 nitrogen and oxygen atoms in total. The van der Waals surface area contributed by atoms with Gasteiger partial charge in [-0.05, 0) is 12.3 Å². The number of nitrogens with zero attached hydrogens (tertiary/aromatic N) is 1. The van der Waals surface area contributed by atoms with E-state index in [0.29, 0.717) is 12.0 Å². The molecule has 60 valence electrons. The minimum absolute atomic E-state index is 0.0888. The predicted octanol–water partition coefficient (Wildman–Crippen LogP) is -1.00. The molecular formula is C8H10NO2-. The van der Waals surface area contributed by atoms with E-state index in [1.807, 2.05) is 4.90 Å². The second kappa shape index (κ2) is 2.34. The minimum Gasteiger partial charge on any atom is -0.549 e. The smallest absolute Gasteiger partial charge is 0.0555 e. The van der Waals surface area contributed by atoms with Gasteiger partial charge in [0.15, 0.2) is 0 Å². The van der Waals surface area contributed by atoms with E-state index in [9.17, 15) is 9.90 Å². The molecule has 0 N–H and O–H groups in total. The molecule has 3 heteroatoms. The molecule has 0 amide bonds. The Hall–Kier alpha value is -0.830. The number of rotatable bonds is 2. The van der Waals surface area contributed by atoms with Gasteiger partial charge in [-0.1, -0.05) is 12.2 Å². The third-order valence-corrected chi connectivity index (χ3v) is 2.42. The largest absolute Gasteiger partial charge is 0.549 e. The molecule has 0 aromatic rings. The molecule has 0 spiro atoms. The molecule has 2 rings (SSSR count). The fraction of sp³-hybridized carbons (Fsp3) is 0.625. The number of carbonyl (C=O) groups excluding carboxylic acids is 1. The summed E-state index contributed by atoms with van der Waals surface area (Å²) >= 11 is 0. The van der Waals surface area contributed by atoms with Crippen LogP contribution >= 0.6 is 0 Å². The number of carbonyl (C=O) groups is 1. The van der Waals surface area contributed by atoms with Crippen molar-refractivity contribution in [3.05, 3.63) is 12.2 Å². The number of aliphatic carboxylic acids is 1. The SMILES string of the molecule is O=C([O-])CN1CC2C=CC1C2. The highest BCUT2D eigenvalue weighted by molar-refractivity contribution is 5.66. The molecule has 0 radical (unpaired) electrons. The molecule has 1 aliphatic carbocycles. The molecule has 11 heavy (non-hydrogen) atoms. The second-order valence-corrected chi connectivity index (χ2v) is 3.25. The maximum atomic E-state index is 10.3. The Labute approximate surface area is 65.3 Å². The van der Waals surface area contributed by atoms with Crippen LogP contribution in [-0.2, 0) is 4.79 Å². The van der Waals surface area contributed by atoms with Crippen molar-refractivity contribution in [2.24, 2.45) is 5.92 Å². The van der Waals surface area contributed by atoms with Crippen molar-refractivity contribution < 1.29 is 9.90 Å². The minimum atomic E-state index is -0.967. The zero-order valence-corrected chi connectivity index (χ0v) is 6.19. The maximum absolute atomic E-state index is 10.3. The normalized spacial score (nSPS) is 34.9. The van der Waals surface area contributed by atoms with Crippen molar-refractivity contribution in [3.63, 3.8) is 0 Å². The van der Waals surface area contributed by atoms with Crippen molar-refractivity contribution in [1.29, 1.82) is 0 Å². The topological polar surface area (TPSA) is 43.4 Å². The van der Waals surface area contributed by atoms with Crippen molar-refractivity contribution in [2.75, 3.05) is 13.1 Å². The Morgan fingerprint density at radius 1 is 1.64 bits per heavy atom. The van der Waals surface area contributed by atoms with Gasteiger partial charge in [0.05, 0.1) is 5.97 Å². The van der Waals surface area contributed by atoms with E-state index in [4.69, 9.17) is 0 Å². The van der Waals surface area contributed by atoms with E-state index in [-0.39, 0.29) is 6.54 Å². The Balaban J connectivity index is 1.98. The standard InChI is InChI=1S/C8H11NO2/c10-8(11)5-9-4-6-1-2-7(9)3-6/h1-2,6-7H,3-5H2,(H,10,11)/p-1. The van der Waals surface area contributed by atoms with Crippen LogP contribution in [0.4, 0.5) is 0 Å². The number of hydrogen-bond acceptors (Lipinski definition) is 3. The van der Waals surface area contributed by atoms with Crippen molar-refractivity contribution in [3.8, 4) is 0 Å². The van der Waals surface area contributed by atoms with Crippen LogP contribution in [0.2, 0.25) is 0 Å². The first-order valence-corrected chi connectivity index (χ1v) is 3.88. The lowest BCUT2D eigenvalue weighted by Gasteiger charge is -2.23. The van der Waals surface area contributed by atoms with Crippen molar-refractivity contribution in [2.45, 2.75) is 12.5 Å². The zero-order valence-electron chi connectivity index (χ0n) is 6.19. The summed E-state index contributed by atoms with van der Waals surface area (Å²) in [6, 6.07) is 0.373. The van der Waals surface area contributed by atoms with Crippen LogP contribution in [-0.4, -0.2) is 30.0 Å². The summed E-state index contributed by atoms with van der Waals surface area (Å²) in [4.78, 5) is 12.2. The monoisotopic (exact) mass is 152 g/mol. The third kappa shape index (κ3) is 1.16. The van der Waals surface area contributed by atoms with Crippen LogP contribution in [0.15, 0.2) is 12.2 Å². The molecule has 2 bridgehead atoms. The van der Waals surface area contributed by atoms with Crippen molar-refractivity contribution >= 4 is 5.97 Å². The maximum Gasteiger partial charge on any atom is 0.0555 e. The first-order valence-electron chi connectivity index (χ1n) is 3.88. The van der Waals surface area contributed by atoms with Gasteiger partial charge in [0.1, 0.15) is 0 Å². The Morgan fingerprint density at radius 3 is 2.91 bits per heavy atom. The molecule has 2 unspecified atom stereocenters. The molecule has 1 fully saturated rings. The molecule has 0 aromatic carbocycles. The number of carboxylic acid groups (broad SMARTS) is 1. The molecule has 1 saturated heterocycles. The van der Waals surface area contributed by atoms with E-state index in [2.05, 4.69) is 12.2 Å². The van der Waals surface area contributed by atoms with Gasteiger partial charge in [0, 0.05) is 19.1 Å². The van der Waals surface area contributed by atoms with Crippen molar-refractivity contribution in [1.82, 2.24) is 4.90 Å². The van der Waals surface area contributed by atoms with Crippen LogP contribution in [0.25, 0.3) is 0 Å². The van der Waals surface area contributed by atoms with E-state index in [1.54, 1.807) is 0 Å². The second-order valence-electron chi connectivity index (χ2n) is 3.25. The van der Waals surface area contributed by atoms with E-state index < -0.39 is 5.97 Å². The van der Waals surface area contributed by atoms with E-state index in [0.717, 1.165) is 13.0 Å². The highest BCUT2D eigenvalue weighted by Crippen LogP contribution is 2.30. The first-order chi connectivity index (χ1) is 5.25. The third-order valence-electron chi connectivity index (χ3n) is 2.42. The van der Waals surface area contributed by atoms with Gasteiger partial charge in [0.2, 0.25) is 0 Å². The molecular weight excluding hydrogens is 142 g/mol. The first kappa shape index (κ1) is 6.85. The number of carboxylic acids is 1. The molecule has 2 aliphatic rings. The van der Waals surface area contributed by atoms with Gasteiger partial charge in [-0.15, -0.1) is 0 Å². The van der Waals surface area contributed by atoms with Gasteiger partial charge in [0.25, 0.3) is 0 Å². The summed E-state index contributed by atoms with van der Waals surface area (Å²) in [6.07, 6.45) is 5.38. The average Bonchev–Trinajstić information content (AvgIpc) is 2.45. The lowest BCUT2D eigenvalue weighted by atomic mass is 10.2. The molecule has 2 atom stereocenters. The summed E-state index contributed by atoms with van der Waals surface area (Å²) in [6.45, 7) is 0.987. The van der Waals surface area contributed by atoms with E-state index in [1.165, 1.54) is 0 Å².